The third-order valence-electron chi connectivity index (χ3n) is 3.23. The van der Waals surface area contributed by atoms with E-state index < -0.39 is 24.0 Å². The summed E-state index contributed by atoms with van der Waals surface area (Å²) in [6.07, 6.45) is 3.45. The molecular weight excluding hydrogens is 284 g/mol. The molecule has 116 valence electrons. The molecule has 2 atom stereocenters. The number of aromatic nitrogens is 2. The van der Waals surface area contributed by atoms with Crippen LogP contribution in [0.5, 0.6) is 0 Å². The van der Waals surface area contributed by atoms with Gasteiger partial charge in [0.05, 0.1) is 12.4 Å². The van der Waals surface area contributed by atoms with E-state index in [2.05, 4.69) is 15.3 Å². The zero-order chi connectivity index (χ0) is 15.9. The highest BCUT2D eigenvalue weighted by atomic mass is 16.4. The van der Waals surface area contributed by atoms with Crippen molar-refractivity contribution in [3.05, 3.63) is 54.1 Å². The third kappa shape index (κ3) is 4.42. The molecule has 0 radical (unpaired) electrons. The minimum absolute atomic E-state index is 0.124. The van der Waals surface area contributed by atoms with E-state index in [-0.39, 0.29) is 6.42 Å². The zero-order valence-electron chi connectivity index (χ0n) is 11.9. The number of carbonyl (C=O) groups is 2. The lowest BCUT2D eigenvalue weighted by molar-refractivity contribution is -0.142. The van der Waals surface area contributed by atoms with Gasteiger partial charge in [-0.05, 0) is 12.0 Å². The number of nitrogens with one attached hydrogen (secondary N) is 2. The number of nitrogens with zero attached hydrogens (tertiary/aromatic N) is 1. The minimum atomic E-state index is -1.12. The van der Waals surface area contributed by atoms with E-state index in [0.717, 1.165) is 5.56 Å². The van der Waals surface area contributed by atoms with Crippen LogP contribution in [-0.4, -0.2) is 39.0 Å². The normalized spacial score (nSPS) is 13.3. The van der Waals surface area contributed by atoms with Crippen LogP contribution in [0.4, 0.5) is 0 Å². The molecule has 7 nitrogen and oxygen atoms in total. The number of carboxylic acid groups (broad SMARTS) is 1. The number of carboxylic acids is 1. The predicted octanol–water partition coefficient (Wildman–Crippen LogP) is 0.0916. The van der Waals surface area contributed by atoms with E-state index in [9.17, 15) is 14.7 Å². The molecule has 0 aliphatic rings. The summed E-state index contributed by atoms with van der Waals surface area (Å²) in [6.45, 7) is 0. The Morgan fingerprint density at radius 2 is 2.00 bits per heavy atom. The smallest absolute Gasteiger partial charge is 0.326 e. The monoisotopic (exact) mass is 302 g/mol. The first kappa shape index (κ1) is 15.7. The molecule has 0 unspecified atom stereocenters. The van der Waals surface area contributed by atoms with E-state index >= 15 is 0 Å². The average molecular weight is 302 g/mol. The first-order valence-corrected chi connectivity index (χ1v) is 6.86. The number of carbonyl (C=O) groups excluding carboxylic acids is 1. The number of nitrogens with two attached hydrogens (primary N) is 1. The van der Waals surface area contributed by atoms with Gasteiger partial charge in [0.25, 0.3) is 0 Å². The van der Waals surface area contributed by atoms with Crippen LogP contribution in [0.15, 0.2) is 42.9 Å². The molecule has 0 spiro atoms. The molecule has 0 saturated heterocycles. The first-order chi connectivity index (χ1) is 10.6. The SMILES string of the molecule is N[C@@H](Cc1ccccc1)C(=O)N[C@@H](Cc1cnc[nH]1)C(=O)O. The first-order valence-electron chi connectivity index (χ1n) is 6.86. The van der Waals surface area contributed by atoms with E-state index in [1.54, 1.807) is 0 Å². The summed E-state index contributed by atoms with van der Waals surface area (Å²) in [5, 5.41) is 11.7. The Morgan fingerprint density at radius 3 is 2.59 bits per heavy atom. The van der Waals surface area contributed by atoms with Crippen molar-refractivity contribution in [1.29, 1.82) is 0 Å². The molecule has 2 rings (SSSR count). The van der Waals surface area contributed by atoms with E-state index in [4.69, 9.17) is 5.73 Å². The molecule has 0 fully saturated rings. The quantitative estimate of drug-likeness (QED) is 0.577. The Kier molecular flexibility index (Phi) is 5.26. The van der Waals surface area contributed by atoms with E-state index in [1.807, 2.05) is 30.3 Å². The lowest BCUT2D eigenvalue weighted by Gasteiger charge is -2.17. The van der Waals surface area contributed by atoms with Gasteiger partial charge in [-0.3, -0.25) is 4.79 Å². The van der Waals surface area contributed by atoms with Crippen LogP contribution in [0, 0.1) is 0 Å². The second-order valence-electron chi connectivity index (χ2n) is 4.98. The van der Waals surface area contributed by atoms with Crippen LogP contribution in [0.25, 0.3) is 0 Å². The van der Waals surface area contributed by atoms with Crippen LogP contribution >= 0.6 is 0 Å². The van der Waals surface area contributed by atoms with Crippen molar-refractivity contribution in [3.63, 3.8) is 0 Å². The molecule has 0 aliphatic heterocycles. The number of H-pyrrole nitrogens is 1. The molecule has 7 heteroatoms. The molecule has 22 heavy (non-hydrogen) atoms. The van der Waals surface area contributed by atoms with Crippen molar-refractivity contribution >= 4 is 11.9 Å². The Balaban J connectivity index is 1.94. The van der Waals surface area contributed by atoms with Crippen molar-refractivity contribution in [2.24, 2.45) is 5.73 Å². The third-order valence-corrected chi connectivity index (χ3v) is 3.23. The molecule has 0 saturated carbocycles. The summed E-state index contributed by atoms with van der Waals surface area (Å²) in [5.74, 6) is -1.61. The molecule has 0 aliphatic carbocycles. The van der Waals surface area contributed by atoms with Gasteiger partial charge in [0.1, 0.15) is 6.04 Å². The second kappa shape index (κ2) is 7.37. The minimum Gasteiger partial charge on any atom is -0.480 e. The molecule has 1 aromatic carbocycles. The van der Waals surface area contributed by atoms with Crippen LogP contribution in [0.3, 0.4) is 0 Å². The number of rotatable bonds is 7. The Labute approximate surface area is 127 Å². The lowest BCUT2D eigenvalue weighted by atomic mass is 10.1. The van der Waals surface area contributed by atoms with Crippen LogP contribution in [-0.2, 0) is 22.4 Å². The van der Waals surface area contributed by atoms with Crippen LogP contribution in [0.1, 0.15) is 11.3 Å². The summed E-state index contributed by atoms with van der Waals surface area (Å²) < 4.78 is 0. The molecular formula is C15H18N4O3. The van der Waals surface area contributed by atoms with Gasteiger partial charge in [0, 0.05) is 18.3 Å². The number of hydrogen-bond acceptors (Lipinski definition) is 4. The number of amides is 1. The lowest BCUT2D eigenvalue weighted by Crippen LogP contribution is -2.50. The second-order valence-corrected chi connectivity index (χ2v) is 4.98. The summed E-state index contributed by atoms with van der Waals surface area (Å²) >= 11 is 0. The topological polar surface area (TPSA) is 121 Å². The molecule has 5 N–H and O–H groups in total. The van der Waals surface area contributed by atoms with Crippen LogP contribution in [0.2, 0.25) is 0 Å². The highest BCUT2D eigenvalue weighted by molar-refractivity contribution is 5.87. The van der Waals surface area contributed by atoms with Crippen molar-refractivity contribution in [2.45, 2.75) is 24.9 Å². The highest BCUT2D eigenvalue weighted by Crippen LogP contribution is 2.03. The maximum atomic E-state index is 12.1. The van der Waals surface area contributed by atoms with E-state index in [0.29, 0.717) is 12.1 Å². The fraction of sp³-hybridized carbons (Fsp3) is 0.267. The molecule has 1 heterocycles. The van der Waals surface area contributed by atoms with Crippen LogP contribution < -0.4 is 11.1 Å². The number of imidazole rings is 1. The van der Waals surface area contributed by atoms with Gasteiger partial charge in [-0.15, -0.1) is 0 Å². The molecule has 1 amide bonds. The Hall–Kier alpha value is -2.67. The number of hydrogen-bond donors (Lipinski definition) is 4. The largest absolute Gasteiger partial charge is 0.480 e. The number of benzene rings is 1. The molecule has 0 bridgehead atoms. The van der Waals surface area contributed by atoms with Gasteiger partial charge in [-0.1, -0.05) is 30.3 Å². The van der Waals surface area contributed by atoms with Gasteiger partial charge in [-0.25, -0.2) is 9.78 Å². The fourth-order valence-electron chi connectivity index (χ4n) is 2.06. The number of aliphatic carboxylic acids is 1. The predicted molar refractivity (Wildman–Crippen MR) is 80.0 cm³/mol. The number of aromatic amines is 1. The van der Waals surface area contributed by atoms with Gasteiger partial charge >= 0.3 is 5.97 Å². The fourth-order valence-corrected chi connectivity index (χ4v) is 2.06. The average Bonchev–Trinajstić information content (AvgIpc) is 3.00. The summed E-state index contributed by atoms with van der Waals surface area (Å²) in [6, 6.07) is 7.48. The van der Waals surface area contributed by atoms with E-state index in [1.165, 1.54) is 12.5 Å². The van der Waals surface area contributed by atoms with Crippen molar-refractivity contribution in [3.8, 4) is 0 Å². The maximum Gasteiger partial charge on any atom is 0.326 e. The highest BCUT2D eigenvalue weighted by Gasteiger charge is 2.24. The summed E-state index contributed by atoms with van der Waals surface area (Å²) in [5.41, 5.74) is 7.40. The summed E-state index contributed by atoms with van der Waals surface area (Å²) in [4.78, 5) is 29.9. The molecule has 2 aromatic rings. The maximum absolute atomic E-state index is 12.1. The van der Waals surface area contributed by atoms with Gasteiger partial charge < -0.3 is 21.1 Å². The summed E-state index contributed by atoms with van der Waals surface area (Å²) in [7, 11) is 0. The van der Waals surface area contributed by atoms with Gasteiger partial charge in [-0.2, -0.15) is 0 Å². The van der Waals surface area contributed by atoms with Gasteiger partial charge in [0.2, 0.25) is 5.91 Å². The van der Waals surface area contributed by atoms with Crippen molar-refractivity contribution in [1.82, 2.24) is 15.3 Å². The van der Waals surface area contributed by atoms with Crippen molar-refractivity contribution < 1.29 is 14.7 Å². The Bertz CT molecular complexity index is 613. The molecule has 1 aromatic heterocycles. The Morgan fingerprint density at radius 1 is 1.27 bits per heavy atom. The standard InChI is InChI=1S/C15H18N4O3/c16-12(6-10-4-2-1-3-5-10)14(20)19-13(15(21)22)7-11-8-17-9-18-11/h1-5,8-9,12-13H,6-7,16H2,(H,17,18)(H,19,20)(H,21,22)/t12-,13-/m0/s1. The van der Waals surface area contributed by atoms with Crippen molar-refractivity contribution in [2.75, 3.05) is 0 Å². The van der Waals surface area contributed by atoms with Gasteiger partial charge in [0.15, 0.2) is 0 Å². The zero-order valence-corrected chi connectivity index (χ0v) is 11.9.